The Balaban J connectivity index is 2.55. The lowest BCUT2D eigenvalue weighted by Crippen LogP contribution is -2.37. The molecule has 18 heavy (non-hydrogen) atoms. The largest absolute Gasteiger partial charge is 0.214 e. The van der Waals surface area contributed by atoms with Gasteiger partial charge in [-0.25, -0.2) is 12.7 Å². The van der Waals surface area contributed by atoms with Crippen LogP contribution in [-0.2, 0) is 10.0 Å². The second kappa shape index (κ2) is 8.54. The van der Waals surface area contributed by atoms with E-state index < -0.39 is 10.0 Å². The van der Waals surface area contributed by atoms with Crippen LogP contribution in [0.1, 0.15) is 51.9 Å². The van der Waals surface area contributed by atoms with Gasteiger partial charge < -0.3 is 0 Å². The van der Waals surface area contributed by atoms with Crippen molar-refractivity contribution in [2.24, 2.45) is 5.92 Å². The summed E-state index contributed by atoms with van der Waals surface area (Å²) in [6, 6.07) is 0. The minimum Gasteiger partial charge on any atom is -0.212 e. The second-order valence-electron chi connectivity index (χ2n) is 5.22. The molecule has 3 nitrogen and oxygen atoms in total. The third-order valence-electron chi connectivity index (χ3n) is 3.66. The highest BCUT2D eigenvalue weighted by atomic mass is 79.9. The predicted octanol–water partition coefficient (Wildman–Crippen LogP) is 3.39. The van der Waals surface area contributed by atoms with Crippen molar-refractivity contribution in [2.75, 3.05) is 24.2 Å². The van der Waals surface area contributed by atoms with Crippen LogP contribution in [0, 0.1) is 5.92 Å². The van der Waals surface area contributed by atoms with E-state index in [4.69, 9.17) is 0 Å². The molecular formula is C13H26BrNO2S. The molecule has 108 valence electrons. The van der Waals surface area contributed by atoms with Crippen LogP contribution in [0.5, 0.6) is 0 Å². The van der Waals surface area contributed by atoms with Crippen LogP contribution in [0.2, 0.25) is 0 Å². The van der Waals surface area contributed by atoms with Gasteiger partial charge in [-0.2, -0.15) is 0 Å². The highest BCUT2D eigenvalue weighted by molar-refractivity contribution is 9.09. The molecule has 0 bridgehead atoms. The molecule has 0 aromatic rings. The third kappa shape index (κ3) is 5.57. The van der Waals surface area contributed by atoms with E-state index in [9.17, 15) is 8.42 Å². The van der Waals surface area contributed by atoms with Crippen LogP contribution in [0.15, 0.2) is 0 Å². The average Bonchev–Trinajstić information content (AvgIpc) is 2.35. The van der Waals surface area contributed by atoms with Crippen molar-refractivity contribution in [2.45, 2.75) is 51.9 Å². The number of sulfonamides is 1. The van der Waals surface area contributed by atoms with Crippen LogP contribution in [0.3, 0.4) is 0 Å². The first-order chi connectivity index (χ1) is 8.60. The van der Waals surface area contributed by atoms with Gasteiger partial charge in [-0.1, -0.05) is 48.5 Å². The zero-order valence-corrected chi connectivity index (χ0v) is 13.8. The maximum atomic E-state index is 12.4. The predicted molar refractivity (Wildman–Crippen MR) is 80.6 cm³/mol. The molecule has 1 fully saturated rings. The molecule has 0 radical (unpaired) electrons. The maximum absolute atomic E-state index is 12.4. The van der Waals surface area contributed by atoms with Crippen LogP contribution >= 0.6 is 15.9 Å². The molecular weight excluding hydrogens is 314 g/mol. The summed E-state index contributed by atoms with van der Waals surface area (Å²) in [6.45, 7) is 3.38. The maximum Gasteiger partial charge on any atom is 0.214 e. The number of nitrogens with zero attached hydrogens (tertiary/aromatic N) is 1. The minimum absolute atomic E-state index is 0.365. The molecule has 0 aliphatic heterocycles. The minimum atomic E-state index is -3.05. The van der Waals surface area contributed by atoms with Gasteiger partial charge in [0.15, 0.2) is 0 Å². The van der Waals surface area contributed by atoms with Gasteiger partial charge in [0.1, 0.15) is 0 Å². The Labute approximate surface area is 121 Å². The summed E-state index contributed by atoms with van der Waals surface area (Å²) >= 11 is 3.35. The van der Waals surface area contributed by atoms with Crippen LogP contribution < -0.4 is 0 Å². The van der Waals surface area contributed by atoms with Gasteiger partial charge in [-0.3, -0.25) is 0 Å². The van der Waals surface area contributed by atoms with Crippen molar-refractivity contribution in [1.82, 2.24) is 4.31 Å². The summed E-state index contributed by atoms with van der Waals surface area (Å²) in [7, 11) is -3.05. The van der Waals surface area contributed by atoms with Gasteiger partial charge in [0.25, 0.3) is 0 Å². The third-order valence-corrected chi connectivity index (χ3v) is 6.06. The Morgan fingerprint density at radius 1 is 1.17 bits per heavy atom. The van der Waals surface area contributed by atoms with Gasteiger partial charge in [-0.15, -0.1) is 0 Å². The molecule has 1 rings (SSSR count). The Hall–Kier alpha value is 0.390. The number of hydrogen-bond acceptors (Lipinski definition) is 2. The molecule has 0 saturated heterocycles. The molecule has 1 aliphatic carbocycles. The van der Waals surface area contributed by atoms with Crippen molar-refractivity contribution in [3.63, 3.8) is 0 Å². The first-order valence-corrected chi connectivity index (χ1v) is 9.87. The van der Waals surface area contributed by atoms with Crippen molar-refractivity contribution >= 4 is 26.0 Å². The lowest BCUT2D eigenvalue weighted by molar-refractivity contribution is 0.368. The van der Waals surface area contributed by atoms with Crippen LogP contribution in [0.25, 0.3) is 0 Å². The number of hydrogen-bond donors (Lipinski definition) is 0. The SMILES string of the molecule is CCCCN(CCBr)S(=O)(=O)CC1CCCCC1. The van der Waals surface area contributed by atoms with Crippen LogP contribution in [0.4, 0.5) is 0 Å². The van der Waals surface area contributed by atoms with Gasteiger partial charge in [0, 0.05) is 18.4 Å². The van der Waals surface area contributed by atoms with E-state index in [2.05, 4.69) is 22.9 Å². The fourth-order valence-electron chi connectivity index (χ4n) is 2.58. The van der Waals surface area contributed by atoms with Gasteiger partial charge in [0.2, 0.25) is 10.0 Å². The number of unbranched alkanes of at least 4 members (excludes halogenated alkanes) is 1. The molecule has 0 aromatic carbocycles. The van der Waals surface area contributed by atoms with Crippen molar-refractivity contribution in [3.05, 3.63) is 0 Å². The quantitative estimate of drug-likeness (QED) is 0.635. The van der Waals surface area contributed by atoms with E-state index in [1.807, 2.05) is 0 Å². The molecule has 0 aromatic heterocycles. The molecule has 0 N–H and O–H groups in total. The summed E-state index contributed by atoms with van der Waals surface area (Å²) in [5.74, 6) is 0.757. The average molecular weight is 340 g/mol. The zero-order chi connectivity index (χ0) is 13.4. The van der Waals surface area contributed by atoms with Gasteiger partial charge in [-0.05, 0) is 25.2 Å². The molecule has 0 atom stereocenters. The van der Waals surface area contributed by atoms with E-state index in [0.717, 1.165) is 31.0 Å². The first kappa shape index (κ1) is 16.4. The molecule has 1 aliphatic rings. The Morgan fingerprint density at radius 3 is 2.39 bits per heavy atom. The lowest BCUT2D eigenvalue weighted by Gasteiger charge is -2.26. The second-order valence-corrected chi connectivity index (χ2v) is 8.03. The van der Waals surface area contributed by atoms with E-state index in [0.29, 0.717) is 24.8 Å². The zero-order valence-electron chi connectivity index (χ0n) is 11.4. The molecule has 5 heteroatoms. The van der Waals surface area contributed by atoms with E-state index in [1.54, 1.807) is 4.31 Å². The topological polar surface area (TPSA) is 37.4 Å². The lowest BCUT2D eigenvalue weighted by atomic mass is 9.91. The van der Waals surface area contributed by atoms with E-state index >= 15 is 0 Å². The summed E-state index contributed by atoms with van der Waals surface area (Å²) < 4.78 is 26.5. The van der Waals surface area contributed by atoms with Gasteiger partial charge >= 0.3 is 0 Å². The normalized spacial score (nSPS) is 18.4. The van der Waals surface area contributed by atoms with Crippen molar-refractivity contribution < 1.29 is 8.42 Å². The Kier molecular flexibility index (Phi) is 7.80. The van der Waals surface area contributed by atoms with Crippen molar-refractivity contribution in [3.8, 4) is 0 Å². The van der Waals surface area contributed by atoms with E-state index in [1.165, 1.54) is 19.3 Å². The summed E-state index contributed by atoms with van der Waals surface area (Å²) in [5, 5.41) is 0.723. The van der Waals surface area contributed by atoms with Gasteiger partial charge in [0.05, 0.1) is 5.75 Å². The molecule has 1 saturated carbocycles. The fraction of sp³-hybridized carbons (Fsp3) is 1.00. The first-order valence-electron chi connectivity index (χ1n) is 7.14. The summed E-state index contributed by atoms with van der Waals surface area (Å²) in [4.78, 5) is 0. The smallest absolute Gasteiger partial charge is 0.212 e. The standard InChI is InChI=1S/C13H26BrNO2S/c1-2-3-10-15(11-9-14)18(16,17)12-13-7-5-4-6-8-13/h13H,2-12H2,1H3. The van der Waals surface area contributed by atoms with Crippen LogP contribution in [-0.4, -0.2) is 36.9 Å². The Morgan fingerprint density at radius 2 is 1.83 bits per heavy atom. The monoisotopic (exact) mass is 339 g/mol. The fourth-order valence-corrected chi connectivity index (χ4v) is 5.16. The summed E-state index contributed by atoms with van der Waals surface area (Å²) in [6.07, 6.45) is 7.86. The van der Waals surface area contributed by atoms with E-state index in [-0.39, 0.29) is 0 Å². The number of alkyl halides is 1. The Bertz CT molecular complexity index is 313. The number of rotatable bonds is 8. The molecule has 0 spiro atoms. The molecule has 0 unspecified atom stereocenters. The summed E-state index contributed by atoms with van der Waals surface area (Å²) in [5.41, 5.74) is 0. The highest BCUT2D eigenvalue weighted by Crippen LogP contribution is 2.25. The molecule has 0 heterocycles. The highest BCUT2D eigenvalue weighted by Gasteiger charge is 2.26. The molecule has 0 amide bonds. The van der Waals surface area contributed by atoms with Crippen molar-refractivity contribution in [1.29, 1.82) is 0 Å². The number of halogens is 1.